The van der Waals surface area contributed by atoms with Crippen LogP contribution in [0.4, 0.5) is 4.79 Å². The lowest BCUT2D eigenvalue weighted by Crippen LogP contribution is -2.47. The van der Waals surface area contributed by atoms with Crippen LogP contribution in [0.1, 0.15) is 32.8 Å². The molecular formula is C18H24N2O4. The number of rotatable bonds is 5. The maximum atomic E-state index is 13.0. The second-order valence-electron chi connectivity index (χ2n) is 7.22. The first-order valence-corrected chi connectivity index (χ1v) is 8.02. The van der Waals surface area contributed by atoms with Gasteiger partial charge in [0.05, 0.1) is 12.0 Å². The van der Waals surface area contributed by atoms with Crippen molar-refractivity contribution in [3.63, 3.8) is 0 Å². The molecule has 0 saturated carbocycles. The van der Waals surface area contributed by atoms with E-state index < -0.39 is 29.2 Å². The number of benzene rings is 1. The van der Waals surface area contributed by atoms with Crippen molar-refractivity contribution in [3.05, 3.63) is 35.9 Å². The van der Waals surface area contributed by atoms with E-state index >= 15 is 0 Å². The smallest absolute Gasteiger partial charge is 0.416 e. The lowest BCUT2D eigenvalue weighted by Gasteiger charge is -2.32. The molecule has 0 aliphatic carbocycles. The molecular weight excluding hydrogens is 308 g/mol. The van der Waals surface area contributed by atoms with E-state index in [1.165, 1.54) is 0 Å². The van der Waals surface area contributed by atoms with Crippen molar-refractivity contribution < 1.29 is 19.1 Å². The minimum absolute atomic E-state index is 0.0931. The summed E-state index contributed by atoms with van der Waals surface area (Å²) in [5.74, 6) is -1.63. The van der Waals surface area contributed by atoms with E-state index in [0.29, 0.717) is 6.42 Å². The summed E-state index contributed by atoms with van der Waals surface area (Å²) in [6.07, 6.45) is -0.227. The first-order valence-electron chi connectivity index (χ1n) is 8.02. The highest BCUT2D eigenvalue weighted by atomic mass is 16.6. The van der Waals surface area contributed by atoms with E-state index in [9.17, 15) is 14.4 Å². The number of ether oxygens (including phenoxy) is 1. The molecule has 1 aliphatic heterocycles. The van der Waals surface area contributed by atoms with Crippen LogP contribution in [0.2, 0.25) is 0 Å². The molecule has 130 valence electrons. The maximum absolute atomic E-state index is 13.0. The first kappa shape index (κ1) is 18.0. The van der Waals surface area contributed by atoms with Gasteiger partial charge in [-0.15, -0.1) is 0 Å². The molecule has 24 heavy (non-hydrogen) atoms. The molecule has 2 atom stereocenters. The molecule has 0 bridgehead atoms. The summed E-state index contributed by atoms with van der Waals surface area (Å²) in [5.41, 5.74) is 5.81. The summed E-state index contributed by atoms with van der Waals surface area (Å²) >= 11 is 0. The van der Waals surface area contributed by atoms with Crippen LogP contribution in [0.15, 0.2) is 30.3 Å². The van der Waals surface area contributed by atoms with Crippen LogP contribution in [0.5, 0.6) is 0 Å². The summed E-state index contributed by atoms with van der Waals surface area (Å²) in [6, 6.07) is 9.23. The number of nitrogens with two attached hydrogens (primary N) is 1. The molecule has 1 saturated heterocycles. The summed E-state index contributed by atoms with van der Waals surface area (Å²) in [5, 5.41) is 0. The van der Waals surface area contributed by atoms with E-state index in [1.54, 1.807) is 0 Å². The van der Waals surface area contributed by atoms with Crippen molar-refractivity contribution in [1.82, 2.24) is 4.90 Å². The summed E-state index contributed by atoms with van der Waals surface area (Å²) in [6.45, 7) is 5.72. The van der Waals surface area contributed by atoms with E-state index in [1.807, 2.05) is 51.1 Å². The van der Waals surface area contributed by atoms with Gasteiger partial charge in [0.25, 0.3) is 0 Å². The Balaban J connectivity index is 2.23. The number of carbonyl (C=O) groups excluding carboxylic acids is 3. The number of hydrogen-bond donors (Lipinski definition) is 1. The monoisotopic (exact) mass is 332 g/mol. The van der Waals surface area contributed by atoms with Gasteiger partial charge in [0.2, 0.25) is 11.8 Å². The number of nitrogens with zero attached hydrogens (tertiary/aromatic N) is 1. The lowest BCUT2D eigenvalue weighted by atomic mass is 9.77. The molecule has 6 heteroatoms. The predicted molar refractivity (Wildman–Crippen MR) is 88.9 cm³/mol. The van der Waals surface area contributed by atoms with Crippen LogP contribution in [-0.4, -0.2) is 35.5 Å². The number of imide groups is 1. The highest BCUT2D eigenvalue weighted by Gasteiger charge is 2.44. The van der Waals surface area contributed by atoms with E-state index in [4.69, 9.17) is 10.5 Å². The zero-order valence-electron chi connectivity index (χ0n) is 14.3. The van der Waals surface area contributed by atoms with Crippen molar-refractivity contribution in [2.24, 2.45) is 17.1 Å². The molecule has 1 heterocycles. The van der Waals surface area contributed by atoms with Gasteiger partial charge in [-0.1, -0.05) is 51.1 Å². The molecule has 1 aromatic rings. The quantitative estimate of drug-likeness (QED) is 0.894. The number of primary amides is 1. The van der Waals surface area contributed by atoms with Gasteiger partial charge in [0, 0.05) is 6.42 Å². The molecule has 2 N–H and O–H groups in total. The van der Waals surface area contributed by atoms with Crippen molar-refractivity contribution >= 4 is 17.9 Å². The van der Waals surface area contributed by atoms with Crippen molar-refractivity contribution in [2.75, 3.05) is 6.61 Å². The van der Waals surface area contributed by atoms with Gasteiger partial charge in [-0.25, -0.2) is 9.69 Å². The van der Waals surface area contributed by atoms with Crippen molar-refractivity contribution in [2.45, 2.75) is 39.7 Å². The third kappa shape index (κ3) is 4.13. The van der Waals surface area contributed by atoms with Crippen LogP contribution < -0.4 is 5.73 Å². The van der Waals surface area contributed by atoms with Gasteiger partial charge in [0.15, 0.2) is 0 Å². The normalized spacial score (nSPS) is 19.0. The van der Waals surface area contributed by atoms with Crippen LogP contribution in [0.3, 0.4) is 0 Å². The van der Waals surface area contributed by atoms with Gasteiger partial charge in [-0.2, -0.15) is 0 Å². The lowest BCUT2D eigenvalue weighted by molar-refractivity contribution is -0.139. The zero-order valence-corrected chi connectivity index (χ0v) is 14.3. The average Bonchev–Trinajstić information content (AvgIpc) is 2.85. The average molecular weight is 332 g/mol. The molecule has 1 aliphatic rings. The SMILES string of the molecule is CC(C)(C)C(CC(N)=O)C(=O)N1C(=O)OCC1Cc1ccccc1. The largest absolute Gasteiger partial charge is 0.447 e. The molecule has 6 nitrogen and oxygen atoms in total. The topological polar surface area (TPSA) is 89.7 Å². The van der Waals surface area contributed by atoms with E-state index in [2.05, 4.69) is 0 Å². The van der Waals surface area contributed by atoms with Gasteiger partial charge in [-0.05, 0) is 17.4 Å². The van der Waals surface area contributed by atoms with Crippen LogP contribution in [0.25, 0.3) is 0 Å². The minimum Gasteiger partial charge on any atom is -0.447 e. The highest BCUT2D eigenvalue weighted by molar-refractivity contribution is 5.96. The number of hydrogen-bond acceptors (Lipinski definition) is 4. The number of carbonyl (C=O) groups is 3. The minimum atomic E-state index is -0.668. The van der Waals surface area contributed by atoms with Crippen molar-refractivity contribution in [1.29, 1.82) is 0 Å². The second-order valence-corrected chi connectivity index (χ2v) is 7.22. The Morgan fingerprint density at radius 3 is 2.46 bits per heavy atom. The summed E-state index contributed by atoms with van der Waals surface area (Å²) in [4.78, 5) is 37.6. The highest BCUT2D eigenvalue weighted by Crippen LogP contribution is 2.32. The van der Waals surface area contributed by atoms with Gasteiger partial charge in [-0.3, -0.25) is 9.59 Å². The molecule has 1 aromatic carbocycles. The van der Waals surface area contributed by atoms with Gasteiger partial charge in [0.1, 0.15) is 6.61 Å². The molecule has 0 spiro atoms. The fourth-order valence-electron chi connectivity index (χ4n) is 2.90. The standard InChI is InChI=1S/C18H24N2O4/c1-18(2,3)14(10-15(19)21)16(22)20-13(11-24-17(20)23)9-12-7-5-4-6-8-12/h4-8,13-14H,9-11H2,1-3H3,(H2,19,21). The van der Waals surface area contributed by atoms with Crippen molar-refractivity contribution in [3.8, 4) is 0 Å². The summed E-state index contributed by atoms with van der Waals surface area (Å²) < 4.78 is 5.09. The Labute approximate surface area is 142 Å². The second kappa shape index (κ2) is 7.03. The maximum Gasteiger partial charge on any atom is 0.416 e. The molecule has 0 radical (unpaired) electrons. The Bertz CT molecular complexity index is 622. The third-order valence-electron chi connectivity index (χ3n) is 4.26. The van der Waals surface area contributed by atoms with E-state index in [-0.39, 0.29) is 19.1 Å². The van der Waals surface area contributed by atoms with Gasteiger partial charge < -0.3 is 10.5 Å². The Kier molecular flexibility index (Phi) is 5.26. The molecule has 2 unspecified atom stereocenters. The molecule has 2 rings (SSSR count). The Morgan fingerprint density at radius 2 is 1.92 bits per heavy atom. The molecule has 3 amide bonds. The van der Waals surface area contributed by atoms with Crippen LogP contribution in [0, 0.1) is 11.3 Å². The van der Waals surface area contributed by atoms with Crippen LogP contribution >= 0.6 is 0 Å². The van der Waals surface area contributed by atoms with Crippen LogP contribution in [-0.2, 0) is 20.7 Å². The Hall–Kier alpha value is -2.37. The molecule has 0 aromatic heterocycles. The third-order valence-corrected chi connectivity index (χ3v) is 4.26. The zero-order chi connectivity index (χ0) is 17.9. The molecule has 1 fully saturated rings. The Morgan fingerprint density at radius 1 is 1.29 bits per heavy atom. The van der Waals surface area contributed by atoms with Gasteiger partial charge >= 0.3 is 6.09 Å². The predicted octanol–water partition coefficient (Wildman–Crippen LogP) is 2.11. The van der Waals surface area contributed by atoms with E-state index in [0.717, 1.165) is 10.5 Å². The fraction of sp³-hybridized carbons (Fsp3) is 0.500. The fourth-order valence-corrected chi connectivity index (χ4v) is 2.90. The summed E-state index contributed by atoms with van der Waals surface area (Å²) in [7, 11) is 0. The first-order chi connectivity index (χ1) is 11.2. The number of amides is 3. The number of cyclic esters (lactones) is 1.